The lowest BCUT2D eigenvalue weighted by molar-refractivity contribution is -0.132. The third kappa shape index (κ3) is 3.12. The van der Waals surface area contributed by atoms with Crippen molar-refractivity contribution < 1.29 is 9.32 Å². The van der Waals surface area contributed by atoms with Crippen molar-refractivity contribution in [3.8, 4) is 0 Å². The van der Waals surface area contributed by atoms with Crippen LogP contribution in [0.15, 0.2) is 4.52 Å². The van der Waals surface area contributed by atoms with Gasteiger partial charge < -0.3 is 14.7 Å². The second kappa shape index (κ2) is 6.18. The highest BCUT2D eigenvalue weighted by Gasteiger charge is 2.31. The minimum atomic E-state index is 0.215. The zero-order valence-electron chi connectivity index (χ0n) is 13.0. The molecule has 1 amide bonds. The summed E-state index contributed by atoms with van der Waals surface area (Å²) < 4.78 is 5.16. The molecule has 0 bridgehead atoms. The molecule has 1 aromatic heterocycles. The Kier molecular flexibility index (Phi) is 4.29. The van der Waals surface area contributed by atoms with Crippen LogP contribution in [-0.4, -0.2) is 41.6 Å². The highest BCUT2D eigenvalue weighted by Crippen LogP contribution is 2.25. The summed E-state index contributed by atoms with van der Waals surface area (Å²) in [5, 5.41) is 7.52. The van der Waals surface area contributed by atoms with E-state index in [0.29, 0.717) is 18.4 Å². The van der Waals surface area contributed by atoms with E-state index in [4.69, 9.17) is 4.52 Å². The largest absolute Gasteiger partial charge is 0.361 e. The number of carbonyl (C=O) groups is 1. The van der Waals surface area contributed by atoms with Gasteiger partial charge in [-0.15, -0.1) is 0 Å². The van der Waals surface area contributed by atoms with Crippen LogP contribution in [0.3, 0.4) is 0 Å². The van der Waals surface area contributed by atoms with Gasteiger partial charge in [0.15, 0.2) is 0 Å². The summed E-state index contributed by atoms with van der Waals surface area (Å²) in [5.41, 5.74) is 1.80. The molecule has 21 heavy (non-hydrogen) atoms. The molecule has 0 aromatic carbocycles. The van der Waals surface area contributed by atoms with Crippen molar-refractivity contribution >= 4 is 5.91 Å². The van der Waals surface area contributed by atoms with Crippen LogP contribution in [0.5, 0.6) is 0 Å². The van der Waals surface area contributed by atoms with Gasteiger partial charge in [-0.3, -0.25) is 4.79 Å². The molecule has 2 fully saturated rings. The third-order valence-electron chi connectivity index (χ3n) is 4.99. The maximum Gasteiger partial charge on any atom is 0.227 e. The van der Waals surface area contributed by atoms with Gasteiger partial charge in [-0.2, -0.15) is 0 Å². The maximum absolute atomic E-state index is 12.6. The Bertz CT molecular complexity index is 486. The van der Waals surface area contributed by atoms with Gasteiger partial charge in [0.05, 0.1) is 12.1 Å². The van der Waals surface area contributed by atoms with E-state index in [1.807, 2.05) is 18.7 Å². The van der Waals surface area contributed by atoms with E-state index in [2.05, 4.69) is 10.5 Å². The Morgan fingerprint density at radius 3 is 2.90 bits per heavy atom. The molecule has 3 heterocycles. The number of aromatic nitrogens is 1. The molecule has 2 aliphatic heterocycles. The van der Waals surface area contributed by atoms with Crippen LogP contribution in [-0.2, 0) is 11.2 Å². The first-order valence-corrected chi connectivity index (χ1v) is 8.08. The molecule has 0 spiro atoms. The van der Waals surface area contributed by atoms with Crippen LogP contribution in [0.2, 0.25) is 0 Å². The molecule has 2 atom stereocenters. The molecule has 0 radical (unpaired) electrons. The molecule has 116 valence electrons. The molecular weight excluding hydrogens is 266 g/mol. The van der Waals surface area contributed by atoms with E-state index < -0.39 is 0 Å². The van der Waals surface area contributed by atoms with Crippen molar-refractivity contribution in [1.82, 2.24) is 15.4 Å². The first-order valence-electron chi connectivity index (χ1n) is 8.08. The first kappa shape index (κ1) is 14.6. The highest BCUT2D eigenvalue weighted by atomic mass is 16.5. The molecule has 2 aliphatic rings. The molecule has 0 aliphatic carbocycles. The minimum Gasteiger partial charge on any atom is -0.361 e. The van der Waals surface area contributed by atoms with Crippen molar-refractivity contribution in [2.75, 3.05) is 19.6 Å². The Balaban J connectivity index is 1.61. The number of hydrogen-bond acceptors (Lipinski definition) is 4. The summed E-state index contributed by atoms with van der Waals surface area (Å²) in [4.78, 5) is 14.6. The fourth-order valence-corrected chi connectivity index (χ4v) is 3.70. The highest BCUT2D eigenvalue weighted by molar-refractivity contribution is 5.79. The lowest BCUT2D eigenvalue weighted by Crippen LogP contribution is -2.46. The normalized spacial score (nSPS) is 26.3. The molecule has 3 rings (SSSR count). The summed E-state index contributed by atoms with van der Waals surface area (Å²) in [7, 11) is 0. The maximum atomic E-state index is 12.6. The standard InChI is InChI=1S/C16H25N3O2/c1-11-14(12(2)21-18-11)9-16(20)19-8-4-5-13(10-19)15-6-3-7-17-15/h13,15,17H,3-10H2,1-2H3. The summed E-state index contributed by atoms with van der Waals surface area (Å²) in [6.07, 6.45) is 5.32. The quantitative estimate of drug-likeness (QED) is 0.923. The van der Waals surface area contributed by atoms with E-state index in [0.717, 1.165) is 43.1 Å². The number of nitrogens with zero attached hydrogens (tertiary/aromatic N) is 2. The molecule has 2 unspecified atom stereocenters. The minimum absolute atomic E-state index is 0.215. The number of aryl methyl sites for hydroxylation is 2. The predicted molar refractivity (Wildman–Crippen MR) is 80.0 cm³/mol. The number of nitrogens with one attached hydrogen (secondary N) is 1. The molecule has 5 heteroatoms. The number of rotatable bonds is 3. The topological polar surface area (TPSA) is 58.4 Å². The van der Waals surface area contributed by atoms with E-state index >= 15 is 0 Å². The first-order chi connectivity index (χ1) is 10.1. The monoisotopic (exact) mass is 291 g/mol. The van der Waals surface area contributed by atoms with Gasteiger partial charge >= 0.3 is 0 Å². The van der Waals surface area contributed by atoms with Gasteiger partial charge in [-0.25, -0.2) is 0 Å². The van der Waals surface area contributed by atoms with Gasteiger partial charge in [-0.05, 0) is 52.0 Å². The van der Waals surface area contributed by atoms with E-state index in [9.17, 15) is 4.79 Å². The lowest BCUT2D eigenvalue weighted by Gasteiger charge is -2.36. The van der Waals surface area contributed by atoms with Crippen molar-refractivity contribution in [2.24, 2.45) is 5.92 Å². The van der Waals surface area contributed by atoms with Gasteiger partial charge in [-0.1, -0.05) is 5.16 Å². The van der Waals surface area contributed by atoms with Gasteiger partial charge in [0, 0.05) is 24.7 Å². The average Bonchev–Trinajstić information content (AvgIpc) is 3.13. The number of hydrogen-bond donors (Lipinski definition) is 1. The van der Waals surface area contributed by atoms with Crippen LogP contribution >= 0.6 is 0 Å². The van der Waals surface area contributed by atoms with Gasteiger partial charge in [0.25, 0.3) is 0 Å². The fourth-order valence-electron chi connectivity index (χ4n) is 3.70. The van der Waals surface area contributed by atoms with Crippen LogP contribution in [0, 0.1) is 19.8 Å². The Labute approximate surface area is 126 Å². The number of carbonyl (C=O) groups excluding carboxylic acids is 1. The van der Waals surface area contributed by atoms with Gasteiger partial charge in [0.1, 0.15) is 5.76 Å². The number of piperidine rings is 1. The summed E-state index contributed by atoms with van der Waals surface area (Å²) >= 11 is 0. The summed E-state index contributed by atoms with van der Waals surface area (Å²) in [6, 6.07) is 0.611. The predicted octanol–water partition coefficient (Wildman–Crippen LogP) is 1.82. The fraction of sp³-hybridized carbons (Fsp3) is 0.750. The Hall–Kier alpha value is -1.36. The zero-order valence-corrected chi connectivity index (χ0v) is 13.0. The van der Waals surface area contributed by atoms with Crippen molar-refractivity contribution in [2.45, 2.75) is 52.0 Å². The van der Waals surface area contributed by atoms with Crippen LogP contribution in [0.1, 0.15) is 42.7 Å². The summed E-state index contributed by atoms with van der Waals surface area (Å²) in [6.45, 7) is 6.71. The summed E-state index contributed by atoms with van der Waals surface area (Å²) in [5.74, 6) is 1.61. The molecule has 0 saturated carbocycles. The Morgan fingerprint density at radius 2 is 2.24 bits per heavy atom. The zero-order chi connectivity index (χ0) is 14.8. The lowest BCUT2D eigenvalue weighted by atomic mass is 9.89. The van der Waals surface area contributed by atoms with Crippen LogP contribution < -0.4 is 5.32 Å². The van der Waals surface area contributed by atoms with Crippen LogP contribution in [0.25, 0.3) is 0 Å². The second-order valence-electron chi connectivity index (χ2n) is 6.42. The van der Waals surface area contributed by atoms with Crippen molar-refractivity contribution in [3.05, 3.63) is 17.0 Å². The van der Waals surface area contributed by atoms with Crippen molar-refractivity contribution in [3.63, 3.8) is 0 Å². The number of likely N-dealkylation sites (tertiary alicyclic amines) is 1. The van der Waals surface area contributed by atoms with E-state index in [1.54, 1.807) is 0 Å². The van der Waals surface area contributed by atoms with Gasteiger partial charge in [0.2, 0.25) is 5.91 Å². The Morgan fingerprint density at radius 1 is 1.38 bits per heavy atom. The van der Waals surface area contributed by atoms with Crippen molar-refractivity contribution in [1.29, 1.82) is 0 Å². The van der Waals surface area contributed by atoms with E-state index in [-0.39, 0.29) is 5.91 Å². The third-order valence-corrected chi connectivity index (χ3v) is 4.99. The van der Waals surface area contributed by atoms with Crippen LogP contribution in [0.4, 0.5) is 0 Å². The van der Waals surface area contributed by atoms with E-state index in [1.165, 1.54) is 19.3 Å². The second-order valence-corrected chi connectivity index (χ2v) is 6.42. The molecule has 5 nitrogen and oxygen atoms in total. The SMILES string of the molecule is Cc1noc(C)c1CC(=O)N1CCCC(C2CCCN2)C1. The molecule has 1 aromatic rings. The molecular formula is C16H25N3O2. The smallest absolute Gasteiger partial charge is 0.227 e. The molecule has 1 N–H and O–H groups in total. The number of amides is 1. The molecule has 2 saturated heterocycles. The average molecular weight is 291 g/mol.